The summed E-state index contributed by atoms with van der Waals surface area (Å²) in [6.45, 7) is 2.65. The SMILES string of the molecule is CCN=C(NN)c1csc(Cl)c1. The van der Waals surface area contributed by atoms with Crippen LogP contribution in [0.4, 0.5) is 0 Å². The van der Waals surface area contributed by atoms with Gasteiger partial charge in [-0.25, -0.2) is 5.84 Å². The molecule has 1 aromatic rings. The molecule has 5 heteroatoms. The fourth-order valence-corrected chi connectivity index (χ4v) is 1.68. The number of amidine groups is 1. The minimum atomic E-state index is 0.681. The zero-order chi connectivity index (χ0) is 8.97. The molecular weight excluding hydrogens is 194 g/mol. The van der Waals surface area contributed by atoms with Gasteiger partial charge in [0.1, 0.15) is 5.84 Å². The minimum Gasteiger partial charge on any atom is -0.308 e. The van der Waals surface area contributed by atoms with Crippen molar-refractivity contribution in [1.29, 1.82) is 0 Å². The molecule has 0 radical (unpaired) electrons. The summed E-state index contributed by atoms with van der Waals surface area (Å²) in [5, 5.41) is 1.91. The number of nitrogens with one attached hydrogen (secondary N) is 1. The number of nitrogens with zero attached hydrogens (tertiary/aromatic N) is 1. The molecule has 0 aliphatic heterocycles. The fourth-order valence-electron chi connectivity index (χ4n) is 0.813. The van der Waals surface area contributed by atoms with E-state index in [2.05, 4.69) is 10.4 Å². The Morgan fingerprint density at radius 2 is 2.58 bits per heavy atom. The number of hydrazine groups is 1. The maximum absolute atomic E-state index is 5.76. The van der Waals surface area contributed by atoms with Crippen molar-refractivity contribution in [2.24, 2.45) is 10.8 Å². The van der Waals surface area contributed by atoms with E-state index < -0.39 is 0 Å². The number of nitrogens with two attached hydrogens (primary N) is 1. The van der Waals surface area contributed by atoms with Gasteiger partial charge in [0.2, 0.25) is 0 Å². The van der Waals surface area contributed by atoms with Crippen LogP contribution in [0.25, 0.3) is 0 Å². The van der Waals surface area contributed by atoms with E-state index in [9.17, 15) is 0 Å². The highest BCUT2D eigenvalue weighted by atomic mass is 35.5. The quantitative estimate of drug-likeness (QED) is 0.332. The molecule has 0 atom stereocenters. The fraction of sp³-hybridized carbons (Fsp3) is 0.286. The minimum absolute atomic E-state index is 0.681. The highest BCUT2D eigenvalue weighted by Gasteiger charge is 2.02. The highest BCUT2D eigenvalue weighted by Crippen LogP contribution is 2.19. The molecule has 0 aromatic carbocycles. The van der Waals surface area contributed by atoms with Crippen molar-refractivity contribution in [2.75, 3.05) is 6.54 Å². The van der Waals surface area contributed by atoms with Crippen molar-refractivity contribution in [1.82, 2.24) is 5.43 Å². The van der Waals surface area contributed by atoms with Gasteiger partial charge in [0.15, 0.2) is 0 Å². The summed E-state index contributed by atoms with van der Waals surface area (Å²) in [4.78, 5) is 4.15. The van der Waals surface area contributed by atoms with Crippen LogP contribution in [-0.4, -0.2) is 12.4 Å². The predicted octanol–water partition coefficient (Wildman–Crippen LogP) is 1.63. The lowest BCUT2D eigenvalue weighted by Crippen LogP contribution is -2.30. The third-order valence-corrected chi connectivity index (χ3v) is 2.39. The molecule has 0 fully saturated rings. The molecule has 66 valence electrons. The second-order valence-corrected chi connectivity index (χ2v) is 3.65. The maximum Gasteiger partial charge on any atom is 0.143 e. The van der Waals surface area contributed by atoms with Gasteiger partial charge < -0.3 is 5.43 Å². The first kappa shape index (κ1) is 9.51. The molecule has 0 aliphatic rings. The average Bonchev–Trinajstić information content (AvgIpc) is 2.47. The Bertz CT molecular complexity index is 282. The van der Waals surface area contributed by atoms with E-state index in [1.165, 1.54) is 11.3 Å². The van der Waals surface area contributed by atoms with Gasteiger partial charge >= 0.3 is 0 Å². The molecule has 1 heterocycles. The van der Waals surface area contributed by atoms with Crippen molar-refractivity contribution in [2.45, 2.75) is 6.92 Å². The van der Waals surface area contributed by atoms with Crippen LogP contribution in [0, 0.1) is 0 Å². The standard InChI is InChI=1S/C7H10ClN3S/c1-2-10-7(11-9)5-3-6(8)12-4-5/h3-4H,2,9H2,1H3,(H,10,11). The van der Waals surface area contributed by atoms with E-state index in [1.807, 2.05) is 18.4 Å². The molecule has 1 rings (SSSR count). The number of hydrogen-bond donors (Lipinski definition) is 2. The Balaban J connectivity index is 2.87. The van der Waals surface area contributed by atoms with Gasteiger partial charge in [-0.3, -0.25) is 4.99 Å². The predicted molar refractivity (Wildman–Crippen MR) is 53.7 cm³/mol. The van der Waals surface area contributed by atoms with Crippen LogP contribution in [0.1, 0.15) is 12.5 Å². The van der Waals surface area contributed by atoms with Crippen LogP contribution in [-0.2, 0) is 0 Å². The third kappa shape index (κ3) is 2.20. The average molecular weight is 204 g/mol. The topological polar surface area (TPSA) is 50.4 Å². The summed E-state index contributed by atoms with van der Waals surface area (Å²) in [6, 6.07) is 1.83. The van der Waals surface area contributed by atoms with Crippen LogP contribution in [0.3, 0.4) is 0 Å². The summed E-state index contributed by atoms with van der Waals surface area (Å²) in [5.41, 5.74) is 3.47. The summed E-state index contributed by atoms with van der Waals surface area (Å²) >= 11 is 7.22. The lowest BCUT2D eigenvalue weighted by Gasteiger charge is -2.00. The molecule has 0 bridgehead atoms. The number of aliphatic imine (C=N–C) groups is 1. The summed E-state index contributed by atoms with van der Waals surface area (Å²) in [5.74, 6) is 5.96. The first-order valence-electron chi connectivity index (χ1n) is 3.53. The Hall–Kier alpha value is -0.580. The summed E-state index contributed by atoms with van der Waals surface area (Å²) in [6.07, 6.45) is 0. The lowest BCUT2D eigenvalue weighted by atomic mass is 10.3. The second kappa shape index (κ2) is 4.45. The maximum atomic E-state index is 5.76. The second-order valence-electron chi connectivity index (χ2n) is 2.11. The van der Waals surface area contributed by atoms with Crippen LogP contribution in [0.2, 0.25) is 4.34 Å². The van der Waals surface area contributed by atoms with E-state index in [-0.39, 0.29) is 0 Å². The van der Waals surface area contributed by atoms with Crippen molar-refractivity contribution in [3.05, 3.63) is 21.3 Å². The Kier molecular flexibility index (Phi) is 3.52. The molecule has 0 saturated carbocycles. The molecule has 0 unspecified atom stereocenters. The number of rotatable bonds is 2. The monoisotopic (exact) mass is 203 g/mol. The van der Waals surface area contributed by atoms with Crippen LogP contribution >= 0.6 is 22.9 Å². The molecule has 0 amide bonds. The number of halogens is 1. The summed E-state index contributed by atoms with van der Waals surface area (Å²) in [7, 11) is 0. The van der Waals surface area contributed by atoms with E-state index in [1.54, 1.807) is 0 Å². The molecule has 0 aliphatic carbocycles. The molecule has 3 nitrogen and oxygen atoms in total. The van der Waals surface area contributed by atoms with Crippen LogP contribution in [0.15, 0.2) is 16.4 Å². The van der Waals surface area contributed by atoms with Crippen molar-refractivity contribution in [3.63, 3.8) is 0 Å². The molecule has 12 heavy (non-hydrogen) atoms. The van der Waals surface area contributed by atoms with Crippen molar-refractivity contribution < 1.29 is 0 Å². The van der Waals surface area contributed by atoms with Crippen molar-refractivity contribution >= 4 is 28.8 Å². The largest absolute Gasteiger partial charge is 0.308 e. The van der Waals surface area contributed by atoms with Gasteiger partial charge in [0.05, 0.1) is 4.34 Å². The number of hydrogen-bond acceptors (Lipinski definition) is 3. The number of thiophene rings is 1. The molecule has 0 spiro atoms. The van der Waals surface area contributed by atoms with Gasteiger partial charge in [-0.15, -0.1) is 11.3 Å². The zero-order valence-electron chi connectivity index (χ0n) is 6.67. The zero-order valence-corrected chi connectivity index (χ0v) is 8.25. The molecule has 3 N–H and O–H groups in total. The van der Waals surface area contributed by atoms with Gasteiger partial charge in [0.25, 0.3) is 0 Å². The first-order chi connectivity index (χ1) is 5.77. The normalized spacial score (nSPS) is 11.8. The summed E-state index contributed by atoms with van der Waals surface area (Å²) < 4.78 is 0.740. The third-order valence-electron chi connectivity index (χ3n) is 1.29. The van der Waals surface area contributed by atoms with E-state index >= 15 is 0 Å². The highest BCUT2D eigenvalue weighted by molar-refractivity contribution is 7.14. The van der Waals surface area contributed by atoms with Gasteiger partial charge in [-0.2, -0.15) is 0 Å². The first-order valence-corrected chi connectivity index (χ1v) is 4.79. The molecular formula is C7H10ClN3S. The smallest absolute Gasteiger partial charge is 0.143 e. The van der Waals surface area contributed by atoms with Gasteiger partial charge in [-0.1, -0.05) is 11.6 Å². The Morgan fingerprint density at radius 3 is 3.00 bits per heavy atom. The molecule has 1 aromatic heterocycles. The van der Waals surface area contributed by atoms with Crippen LogP contribution in [0.5, 0.6) is 0 Å². The lowest BCUT2D eigenvalue weighted by molar-refractivity contribution is 0.993. The van der Waals surface area contributed by atoms with E-state index in [0.29, 0.717) is 12.4 Å². The van der Waals surface area contributed by atoms with E-state index in [0.717, 1.165) is 9.90 Å². The van der Waals surface area contributed by atoms with E-state index in [4.69, 9.17) is 17.4 Å². The van der Waals surface area contributed by atoms with Crippen LogP contribution < -0.4 is 11.3 Å². The van der Waals surface area contributed by atoms with Gasteiger partial charge in [-0.05, 0) is 13.0 Å². The van der Waals surface area contributed by atoms with Crippen molar-refractivity contribution in [3.8, 4) is 0 Å². The Morgan fingerprint density at radius 1 is 1.83 bits per heavy atom. The Labute approximate surface area is 80.2 Å². The molecule has 0 saturated heterocycles. The van der Waals surface area contributed by atoms with Gasteiger partial charge in [0, 0.05) is 17.5 Å².